The molecule has 0 heterocycles. The molecule has 1 rings (SSSR count). The molecule has 0 radical (unpaired) electrons. The molecule has 1 aromatic carbocycles. The van der Waals surface area contributed by atoms with Gasteiger partial charge in [-0.2, -0.15) is 0 Å². The van der Waals surface area contributed by atoms with Gasteiger partial charge in [-0.15, -0.1) is 0 Å². The summed E-state index contributed by atoms with van der Waals surface area (Å²) in [5.74, 6) is -2.33. The van der Waals surface area contributed by atoms with Gasteiger partial charge in [0, 0.05) is 0 Å². The minimum Gasteiger partial charge on any atom is -0.478 e. The highest BCUT2D eigenvalue weighted by atomic mass is 35.5. The van der Waals surface area contributed by atoms with Crippen LogP contribution in [0.15, 0.2) is 0 Å². The fourth-order valence-corrected chi connectivity index (χ4v) is 3.19. The third-order valence-corrected chi connectivity index (χ3v) is 5.26. The number of benzene rings is 1. The van der Waals surface area contributed by atoms with Crippen molar-refractivity contribution in [1.29, 1.82) is 0 Å². The zero-order valence-corrected chi connectivity index (χ0v) is 16.3. The molecule has 8 heteroatoms. The summed E-state index contributed by atoms with van der Waals surface area (Å²) >= 11 is 23.7. The van der Waals surface area contributed by atoms with Crippen molar-refractivity contribution in [1.82, 2.24) is 0 Å². The zero-order chi connectivity index (χ0) is 18.4. The van der Waals surface area contributed by atoms with Gasteiger partial charge in [-0.25, -0.2) is 9.59 Å². The topological polar surface area (TPSA) is 63.6 Å². The van der Waals surface area contributed by atoms with Crippen LogP contribution in [0.3, 0.4) is 0 Å². The molecule has 0 unspecified atom stereocenters. The lowest BCUT2D eigenvalue weighted by Gasteiger charge is -2.17. The molecule has 134 valence electrons. The van der Waals surface area contributed by atoms with Crippen LogP contribution in [0.1, 0.15) is 66.7 Å². The molecule has 1 aromatic rings. The predicted octanol–water partition coefficient (Wildman–Crippen LogP) is 6.51. The maximum absolute atomic E-state index is 12.4. The van der Waals surface area contributed by atoms with Crippen LogP contribution in [-0.4, -0.2) is 23.1 Å². The highest BCUT2D eigenvalue weighted by Crippen LogP contribution is 2.42. The number of hydrogen-bond donors (Lipinski definition) is 1. The minimum atomic E-state index is -1.44. The summed E-state index contributed by atoms with van der Waals surface area (Å²) < 4.78 is 5.29. The number of hydrogen-bond acceptors (Lipinski definition) is 3. The molecule has 1 N–H and O–H groups in total. The van der Waals surface area contributed by atoms with E-state index in [9.17, 15) is 14.7 Å². The Labute approximate surface area is 161 Å². The van der Waals surface area contributed by atoms with Gasteiger partial charge in [-0.1, -0.05) is 72.6 Å². The second-order valence-electron chi connectivity index (χ2n) is 5.38. The first-order valence-corrected chi connectivity index (χ1v) is 9.03. The molecule has 0 saturated carbocycles. The van der Waals surface area contributed by atoms with Gasteiger partial charge in [0.2, 0.25) is 0 Å². The van der Waals surface area contributed by atoms with Gasteiger partial charge in [0.25, 0.3) is 0 Å². The molecule has 0 aliphatic rings. The van der Waals surface area contributed by atoms with Crippen LogP contribution in [0.2, 0.25) is 20.1 Å². The molecule has 4 nitrogen and oxygen atoms in total. The van der Waals surface area contributed by atoms with E-state index in [0.29, 0.717) is 6.42 Å². The van der Waals surface area contributed by atoms with Gasteiger partial charge in [0.1, 0.15) is 0 Å². The van der Waals surface area contributed by atoms with E-state index in [1.165, 1.54) is 0 Å². The van der Waals surface area contributed by atoms with E-state index in [4.69, 9.17) is 51.1 Å². The Kier molecular flexibility index (Phi) is 8.65. The van der Waals surface area contributed by atoms with Crippen LogP contribution in [0.25, 0.3) is 0 Å². The fourth-order valence-electron chi connectivity index (χ4n) is 2.18. The smallest absolute Gasteiger partial charge is 0.340 e. The lowest BCUT2D eigenvalue weighted by atomic mass is 10.1. The molecule has 0 amide bonds. The molecule has 0 bridgehead atoms. The number of carboxylic acid groups (broad SMARTS) is 1. The lowest BCUT2D eigenvalue weighted by molar-refractivity contribution is 0.0314. The standard InChI is InChI=1S/C16H18Cl4O4/c1-3-4-5-6-7-8(2)24-16(23)10-9(15(21)22)11(17)13(19)14(20)12(10)18/h8H,3-7H2,1-2H3,(H,21,22)/t8-/m1/s1. The van der Waals surface area contributed by atoms with Gasteiger partial charge in [-0.05, 0) is 19.8 Å². The molecule has 0 aliphatic carbocycles. The summed E-state index contributed by atoms with van der Waals surface area (Å²) in [4.78, 5) is 23.8. The van der Waals surface area contributed by atoms with Crippen LogP contribution in [0.4, 0.5) is 0 Å². The molecule has 0 fully saturated rings. The van der Waals surface area contributed by atoms with Crippen molar-refractivity contribution in [3.63, 3.8) is 0 Å². The van der Waals surface area contributed by atoms with Crippen molar-refractivity contribution in [2.75, 3.05) is 0 Å². The number of ether oxygens (including phenoxy) is 1. The highest BCUT2D eigenvalue weighted by molar-refractivity contribution is 6.54. The van der Waals surface area contributed by atoms with Crippen LogP contribution in [0, 0.1) is 0 Å². The van der Waals surface area contributed by atoms with Crippen molar-refractivity contribution < 1.29 is 19.4 Å². The predicted molar refractivity (Wildman–Crippen MR) is 97.1 cm³/mol. The largest absolute Gasteiger partial charge is 0.478 e. The maximum atomic E-state index is 12.4. The Morgan fingerprint density at radius 1 is 0.958 bits per heavy atom. The van der Waals surface area contributed by atoms with Crippen molar-refractivity contribution in [2.45, 2.75) is 52.1 Å². The van der Waals surface area contributed by atoms with Gasteiger partial charge in [0.05, 0.1) is 37.3 Å². The summed E-state index contributed by atoms with van der Waals surface area (Å²) in [6.07, 6.45) is 4.44. The molecule has 0 aliphatic heterocycles. The van der Waals surface area contributed by atoms with Crippen LogP contribution in [0.5, 0.6) is 0 Å². The van der Waals surface area contributed by atoms with Crippen LogP contribution >= 0.6 is 46.4 Å². The number of carboxylic acids is 1. The first-order chi connectivity index (χ1) is 11.2. The summed E-state index contributed by atoms with van der Waals surface area (Å²) in [6, 6.07) is 0. The summed E-state index contributed by atoms with van der Waals surface area (Å²) in [6.45, 7) is 3.84. The third-order valence-electron chi connectivity index (χ3n) is 3.46. The quantitative estimate of drug-likeness (QED) is 0.227. The molecule has 1 atom stereocenters. The number of aromatic carboxylic acids is 1. The van der Waals surface area contributed by atoms with Gasteiger partial charge in [-0.3, -0.25) is 0 Å². The third kappa shape index (κ3) is 5.16. The van der Waals surface area contributed by atoms with Crippen LogP contribution < -0.4 is 0 Å². The number of carbonyl (C=O) groups excluding carboxylic acids is 1. The Balaban J connectivity index is 3.04. The second kappa shape index (κ2) is 9.71. The highest BCUT2D eigenvalue weighted by Gasteiger charge is 2.30. The molecule has 0 saturated heterocycles. The Morgan fingerprint density at radius 2 is 1.50 bits per heavy atom. The van der Waals surface area contributed by atoms with E-state index in [0.717, 1.165) is 25.7 Å². The SMILES string of the molecule is CCCCCC[C@@H](C)OC(=O)c1c(Cl)c(Cl)c(Cl)c(Cl)c1C(=O)O. The van der Waals surface area contributed by atoms with Crippen molar-refractivity contribution in [3.05, 3.63) is 31.2 Å². The zero-order valence-electron chi connectivity index (χ0n) is 13.3. The monoisotopic (exact) mass is 414 g/mol. The summed E-state index contributed by atoms with van der Waals surface area (Å²) in [5.41, 5.74) is -0.900. The van der Waals surface area contributed by atoms with Gasteiger partial charge in [0.15, 0.2) is 0 Å². The van der Waals surface area contributed by atoms with E-state index >= 15 is 0 Å². The Hall–Kier alpha value is -0.680. The fraction of sp³-hybridized carbons (Fsp3) is 0.500. The molecular formula is C16H18Cl4O4. The van der Waals surface area contributed by atoms with Crippen molar-refractivity contribution in [2.24, 2.45) is 0 Å². The average molecular weight is 416 g/mol. The summed E-state index contributed by atoms with van der Waals surface area (Å²) in [7, 11) is 0. The van der Waals surface area contributed by atoms with E-state index in [-0.39, 0.29) is 31.8 Å². The Morgan fingerprint density at radius 3 is 2.00 bits per heavy atom. The number of carbonyl (C=O) groups is 2. The van der Waals surface area contributed by atoms with E-state index < -0.39 is 17.5 Å². The van der Waals surface area contributed by atoms with Crippen molar-refractivity contribution in [3.8, 4) is 0 Å². The molecule has 24 heavy (non-hydrogen) atoms. The lowest BCUT2D eigenvalue weighted by Crippen LogP contribution is -2.19. The molecule has 0 spiro atoms. The maximum Gasteiger partial charge on any atom is 0.340 e. The molecule has 0 aromatic heterocycles. The van der Waals surface area contributed by atoms with Crippen LogP contribution in [-0.2, 0) is 4.74 Å². The van der Waals surface area contributed by atoms with E-state index in [1.807, 2.05) is 0 Å². The van der Waals surface area contributed by atoms with E-state index in [1.54, 1.807) is 6.92 Å². The number of unbranched alkanes of at least 4 members (excludes halogenated alkanes) is 3. The summed E-state index contributed by atoms with van der Waals surface area (Å²) in [5, 5.41) is 8.28. The normalized spacial score (nSPS) is 12.1. The van der Waals surface area contributed by atoms with Gasteiger partial charge < -0.3 is 9.84 Å². The average Bonchev–Trinajstić information content (AvgIpc) is 2.52. The first kappa shape index (κ1) is 21.4. The Bertz CT molecular complexity index is 631. The van der Waals surface area contributed by atoms with Gasteiger partial charge >= 0.3 is 11.9 Å². The number of esters is 1. The molecular weight excluding hydrogens is 398 g/mol. The number of rotatable bonds is 8. The van der Waals surface area contributed by atoms with Crippen molar-refractivity contribution >= 4 is 58.3 Å². The number of halogens is 4. The van der Waals surface area contributed by atoms with E-state index in [2.05, 4.69) is 6.92 Å². The second-order valence-corrected chi connectivity index (χ2v) is 6.89. The first-order valence-electron chi connectivity index (χ1n) is 7.52. The minimum absolute atomic E-state index is 0.184.